The van der Waals surface area contributed by atoms with E-state index in [-0.39, 0.29) is 5.82 Å². The van der Waals surface area contributed by atoms with Crippen LogP contribution in [0.2, 0.25) is 5.02 Å². The van der Waals surface area contributed by atoms with E-state index in [1.807, 2.05) is 0 Å². The van der Waals surface area contributed by atoms with Gasteiger partial charge in [0.05, 0.1) is 12.1 Å². The largest absolute Gasteiger partial charge is 0.495 e. The Morgan fingerprint density at radius 1 is 1.22 bits per heavy atom. The summed E-state index contributed by atoms with van der Waals surface area (Å²) in [6, 6.07) is 8.14. The van der Waals surface area contributed by atoms with Crippen molar-refractivity contribution in [2.45, 2.75) is 6.92 Å². The third kappa shape index (κ3) is 2.27. The summed E-state index contributed by atoms with van der Waals surface area (Å²) < 4.78 is 19.0. The second-order valence-electron chi connectivity index (χ2n) is 4.04. The van der Waals surface area contributed by atoms with E-state index >= 15 is 0 Å². The Morgan fingerprint density at radius 3 is 2.61 bits per heavy atom. The van der Waals surface area contributed by atoms with Crippen molar-refractivity contribution >= 4 is 17.3 Å². The van der Waals surface area contributed by atoms with Gasteiger partial charge in [-0.2, -0.15) is 0 Å². The number of ether oxygens (including phenoxy) is 1. The van der Waals surface area contributed by atoms with E-state index < -0.39 is 0 Å². The summed E-state index contributed by atoms with van der Waals surface area (Å²) in [6.07, 6.45) is 0. The van der Waals surface area contributed by atoms with E-state index in [9.17, 15) is 4.39 Å². The molecule has 0 radical (unpaired) electrons. The van der Waals surface area contributed by atoms with Crippen molar-refractivity contribution in [3.63, 3.8) is 0 Å². The number of hydrogen-bond donors (Lipinski definition) is 1. The lowest BCUT2D eigenvalue weighted by Gasteiger charge is -2.10. The Balaban J connectivity index is 2.58. The summed E-state index contributed by atoms with van der Waals surface area (Å²) in [7, 11) is 1.52. The van der Waals surface area contributed by atoms with Crippen LogP contribution in [-0.4, -0.2) is 7.11 Å². The molecule has 94 valence electrons. The average molecular weight is 266 g/mol. The van der Waals surface area contributed by atoms with E-state index in [0.29, 0.717) is 27.6 Å². The molecule has 2 rings (SSSR count). The van der Waals surface area contributed by atoms with Gasteiger partial charge in [0.1, 0.15) is 11.6 Å². The molecule has 0 aromatic heterocycles. The topological polar surface area (TPSA) is 35.2 Å². The minimum atomic E-state index is -0.314. The molecule has 0 unspecified atom stereocenters. The molecule has 0 spiro atoms. The Kier molecular flexibility index (Phi) is 3.43. The van der Waals surface area contributed by atoms with Crippen LogP contribution in [0.5, 0.6) is 5.75 Å². The monoisotopic (exact) mass is 265 g/mol. The van der Waals surface area contributed by atoms with Crippen molar-refractivity contribution in [3.05, 3.63) is 46.7 Å². The first-order valence-corrected chi connectivity index (χ1v) is 5.80. The summed E-state index contributed by atoms with van der Waals surface area (Å²) in [5.74, 6) is 0.193. The standard InChI is InChI=1S/C14H13ClFNO/c1-8-5-12(16)10(7-13(8)17)9-3-4-11(15)14(6-9)18-2/h3-7H,17H2,1-2H3. The van der Waals surface area contributed by atoms with Gasteiger partial charge >= 0.3 is 0 Å². The number of anilines is 1. The van der Waals surface area contributed by atoms with Crippen LogP contribution in [0.1, 0.15) is 5.56 Å². The first kappa shape index (κ1) is 12.7. The summed E-state index contributed by atoms with van der Waals surface area (Å²) in [4.78, 5) is 0. The fourth-order valence-electron chi connectivity index (χ4n) is 1.74. The maximum Gasteiger partial charge on any atom is 0.138 e. The number of aryl methyl sites for hydroxylation is 1. The second kappa shape index (κ2) is 4.86. The second-order valence-corrected chi connectivity index (χ2v) is 4.45. The predicted octanol–water partition coefficient (Wildman–Crippen LogP) is 4.05. The molecular formula is C14H13ClFNO. The normalized spacial score (nSPS) is 10.4. The first-order valence-electron chi connectivity index (χ1n) is 5.42. The Hall–Kier alpha value is -1.74. The average Bonchev–Trinajstić information content (AvgIpc) is 2.35. The Morgan fingerprint density at radius 2 is 1.94 bits per heavy atom. The smallest absolute Gasteiger partial charge is 0.138 e. The molecule has 0 amide bonds. The molecule has 0 bridgehead atoms. The van der Waals surface area contributed by atoms with Crippen molar-refractivity contribution in [3.8, 4) is 16.9 Å². The quantitative estimate of drug-likeness (QED) is 0.832. The lowest BCUT2D eigenvalue weighted by Crippen LogP contribution is -1.94. The van der Waals surface area contributed by atoms with E-state index in [0.717, 1.165) is 5.56 Å². The van der Waals surface area contributed by atoms with Gasteiger partial charge in [0.2, 0.25) is 0 Å². The third-order valence-electron chi connectivity index (χ3n) is 2.82. The molecule has 0 heterocycles. The van der Waals surface area contributed by atoms with E-state index in [2.05, 4.69) is 0 Å². The molecule has 2 aromatic rings. The fourth-order valence-corrected chi connectivity index (χ4v) is 1.93. The van der Waals surface area contributed by atoms with Gasteiger partial charge in [-0.3, -0.25) is 0 Å². The van der Waals surface area contributed by atoms with Crippen LogP contribution in [0, 0.1) is 12.7 Å². The minimum absolute atomic E-state index is 0.314. The van der Waals surface area contributed by atoms with Crippen LogP contribution in [0.4, 0.5) is 10.1 Å². The van der Waals surface area contributed by atoms with Crippen molar-refractivity contribution in [1.82, 2.24) is 0 Å². The highest BCUT2D eigenvalue weighted by atomic mass is 35.5. The molecule has 0 saturated carbocycles. The van der Waals surface area contributed by atoms with Crippen LogP contribution in [0.3, 0.4) is 0 Å². The van der Waals surface area contributed by atoms with Gasteiger partial charge in [-0.15, -0.1) is 0 Å². The zero-order valence-electron chi connectivity index (χ0n) is 10.1. The number of hydrogen-bond acceptors (Lipinski definition) is 2. The summed E-state index contributed by atoms with van der Waals surface area (Å²) in [5, 5.41) is 0.488. The van der Waals surface area contributed by atoms with Crippen molar-refractivity contribution in [2.75, 3.05) is 12.8 Å². The fraction of sp³-hybridized carbons (Fsp3) is 0.143. The zero-order chi connectivity index (χ0) is 13.3. The zero-order valence-corrected chi connectivity index (χ0v) is 10.9. The van der Waals surface area contributed by atoms with Crippen molar-refractivity contribution in [2.24, 2.45) is 0 Å². The van der Waals surface area contributed by atoms with Crippen molar-refractivity contribution < 1.29 is 9.13 Å². The Labute approximate surface area is 110 Å². The lowest BCUT2D eigenvalue weighted by molar-refractivity contribution is 0.415. The molecular weight excluding hydrogens is 253 g/mol. The molecule has 2 N–H and O–H groups in total. The number of nitrogens with two attached hydrogens (primary N) is 1. The van der Waals surface area contributed by atoms with Gasteiger partial charge in [0.25, 0.3) is 0 Å². The minimum Gasteiger partial charge on any atom is -0.495 e. The molecule has 2 nitrogen and oxygen atoms in total. The highest BCUT2D eigenvalue weighted by Crippen LogP contribution is 2.33. The molecule has 2 aromatic carbocycles. The SMILES string of the molecule is COc1cc(-c2cc(N)c(C)cc2F)ccc1Cl. The van der Waals surface area contributed by atoms with Crippen LogP contribution in [0.15, 0.2) is 30.3 Å². The molecule has 0 saturated heterocycles. The number of rotatable bonds is 2. The van der Waals surface area contributed by atoms with Gasteiger partial charge in [-0.1, -0.05) is 17.7 Å². The predicted molar refractivity (Wildman–Crippen MR) is 72.5 cm³/mol. The molecule has 0 fully saturated rings. The number of halogens is 2. The maximum atomic E-state index is 13.9. The highest BCUT2D eigenvalue weighted by molar-refractivity contribution is 6.32. The highest BCUT2D eigenvalue weighted by Gasteiger charge is 2.10. The molecule has 0 aliphatic heterocycles. The van der Waals surface area contributed by atoms with Gasteiger partial charge in [0.15, 0.2) is 0 Å². The lowest BCUT2D eigenvalue weighted by atomic mass is 10.0. The number of methoxy groups -OCH3 is 1. The summed E-state index contributed by atoms with van der Waals surface area (Å²) >= 11 is 5.94. The van der Waals surface area contributed by atoms with E-state index in [1.165, 1.54) is 13.2 Å². The summed E-state index contributed by atoms with van der Waals surface area (Å²) in [5.41, 5.74) is 8.20. The molecule has 18 heavy (non-hydrogen) atoms. The molecule has 0 aliphatic rings. The van der Waals surface area contributed by atoms with Crippen LogP contribution >= 0.6 is 11.6 Å². The third-order valence-corrected chi connectivity index (χ3v) is 3.13. The number of benzene rings is 2. The summed E-state index contributed by atoms with van der Waals surface area (Å²) in [6.45, 7) is 1.77. The Bertz CT molecular complexity index is 599. The van der Waals surface area contributed by atoms with Gasteiger partial charge in [0, 0.05) is 11.3 Å². The first-order chi connectivity index (χ1) is 8.52. The molecule has 4 heteroatoms. The van der Waals surface area contributed by atoms with Gasteiger partial charge in [-0.05, 0) is 42.3 Å². The van der Waals surface area contributed by atoms with E-state index in [1.54, 1.807) is 31.2 Å². The number of nitrogen functional groups attached to an aromatic ring is 1. The van der Waals surface area contributed by atoms with Gasteiger partial charge in [-0.25, -0.2) is 4.39 Å². The van der Waals surface area contributed by atoms with Crippen LogP contribution < -0.4 is 10.5 Å². The molecule has 0 atom stereocenters. The van der Waals surface area contributed by atoms with Gasteiger partial charge < -0.3 is 10.5 Å². The maximum absolute atomic E-state index is 13.9. The van der Waals surface area contributed by atoms with E-state index in [4.69, 9.17) is 22.1 Å². The van der Waals surface area contributed by atoms with Crippen molar-refractivity contribution in [1.29, 1.82) is 0 Å². The van der Waals surface area contributed by atoms with Crippen LogP contribution in [-0.2, 0) is 0 Å². The van der Waals surface area contributed by atoms with Crippen LogP contribution in [0.25, 0.3) is 11.1 Å². The molecule has 0 aliphatic carbocycles.